The minimum atomic E-state index is -0.187. The molecule has 0 spiro atoms. The summed E-state index contributed by atoms with van der Waals surface area (Å²) in [4.78, 5) is 12.4. The molecule has 0 fully saturated rings. The summed E-state index contributed by atoms with van der Waals surface area (Å²) < 4.78 is 2.51. The molecule has 1 aromatic heterocycles. The molecule has 0 aliphatic carbocycles. The van der Waals surface area contributed by atoms with Gasteiger partial charge >= 0.3 is 0 Å². The van der Waals surface area contributed by atoms with E-state index in [-0.39, 0.29) is 5.91 Å². The van der Waals surface area contributed by atoms with Crippen LogP contribution in [0.15, 0.2) is 22.7 Å². The Kier molecular flexibility index (Phi) is 4.67. The average molecular weight is 351 g/mol. The number of rotatable bonds is 4. The number of nitrogens with two attached hydrogens (primary N) is 1. The first-order valence-corrected chi connectivity index (χ1v) is 7.69. The average Bonchev–Trinajstić information content (AvgIpc) is 2.88. The Labute approximate surface area is 132 Å². The highest BCUT2D eigenvalue weighted by Gasteiger charge is 2.15. The molecular formula is C15H19BrN4O. The van der Waals surface area contributed by atoms with E-state index in [1.165, 1.54) is 0 Å². The number of aryl methyl sites for hydroxylation is 3. The van der Waals surface area contributed by atoms with Gasteiger partial charge in [0.15, 0.2) is 0 Å². The number of benzene rings is 1. The lowest BCUT2D eigenvalue weighted by molar-refractivity contribution is 0.101. The largest absolute Gasteiger partial charge is 0.398 e. The molecule has 0 radical (unpaired) electrons. The molecule has 0 saturated carbocycles. The van der Waals surface area contributed by atoms with E-state index < -0.39 is 0 Å². The normalized spacial score (nSPS) is 10.7. The minimum absolute atomic E-state index is 0.187. The van der Waals surface area contributed by atoms with E-state index in [1.54, 1.807) is 10.7 Å². The van der Waals surface area contributed by atoms with Gasteiger partial charge in [-0.05, 0) is 60.0 Å². The molecule has 0 saturated heterocycles. The van der Waals surface area contributed by atoms with Crippen LogP contribution in [0.1, 0.15) is 35.6 Å². The summed E-state index contributed by atoms with van der Waals surface area (Å²) in [5, 5.41) is 7.26. The lowest BCUT2D eigenvalue weighted by Crippen LogP contribution is -2.17. The maximum absolute atomic E-state index is 12.4. The second-order valence-corrected chi connectivity index (χ2v) is 5.69. The molecule has 6 heteroatoms. The highest BCUT2D eigenvalue weighted by molar-refractivity contribution is 9.10. The first-order valence-electron chi connectivity index (χ1n) is 6.90. The van der Waals surface area contributed by atoms with Crippen LogP contribution in [0.4, 0.5) is 11.4 Å². The van der Waals surface area contributed by atoms with Gasteiger partial charge < -0.3 is 11.1 Å². The molecule has 0 aliphatic heterocycles. The van der Waals surface area contributed by atoms with Gasteiger partial charge in [-0.25, -0.2) is 0 Å². The molecule has 3 N–H and O–H groups in total. The van der Waals surface area contributed by atoms with Gasteiger partial charge in [0.25, 0.3) is 5.91 Å². The molecule has 21 heavy (non-hydrogen) atoms. The Morgan fingerprint density at radius 2 is 2.10 bits per heavy atom. The molecule has 112 valence electrons. The first-order chi connectivity index (χ1) is 9.96. The summed E-state index contributed by atoms with van der Waals surface area (Å²) in [6.45, 7) is 6.55. The number of hydrogen-bond acceptors (Lipinski definition) is 3. The van der Waals surface area contributed by atoms with Crippen LogP contribution in [-0.4, -0.2) is 15.7 Å². The van der Waals surface area contributed by atoms with E-state index in [2.05, 4.69) is 26.3 Å². The van der Waals surface area contributed by atoms with Gasteiger partial charge in [0.2, 0.25) is 0 Å². The van der Waals surface area contributed by atoms with Crippen molar-refractivity contribution in [1.82, 2.24) is 9.78 Å². The van der Waals surface area contributed by atoms with E-state index >= 15 is 0 Å². The Morgan fingerprint density at radius 1 is 1.38 bits per heavy atom. The number of hydrogen-bond donors (Lipinski definition) is 2. The second kappa shape index (κ2) is 6.30. The smallest absolute Gasteiger partial charge is 0.273 e. The molecule has 1 amide bonds. The number of nitrogens with zero attached hydrogens (tertiary/aromatic N) is 2. The number of nitrogen functional groups attached to an aromatic ring is 1. The maximum atomic E-state index is 12.4. The van der Waals surface area contributed by atoms with Crippen LogP contribution in [0.2, 0.25) is 0 Å². The number of carbonyl (C=O) groups is 1. The minimum Gasteiger partial charge on any atom is -0.398 e. The van der Waals surface area contributed by atoms with Gasteiger partial charge in [0, 0.05) is 16.7 Å². The topological polar surface area (TPSA) is 72.9 Å². The van der Waals surface area contributed by atoms with E-state index in [1.807, 2.05) is 32.9 Å². The maximum Gasteiger partial charge on any atom is 0.273 e. The summed E-state index contributed by atoms with van der Waals surface area (Å²) in [5.74, 6) is -0.187. The zero-order valence-electron chi connectivity index (χ0n) is 12.4. The fraction of sp³-hybridized carbons (Fsp3) is 0.333. The Morgan fingerprint density at radius 3 is 2.71 bits per heavy atom. The molecule has 1 heterocycles. The SMILES string of the molecule is CCc1cc(C(=O)Nc2cc(N)c(C)cc2Br)n(CC)n1. The van der Waals surface area contributed by atoms with Gasteiger partial charge in [-0.3, -0.25) is 9.48 Å². The van der Waals surface area contributed by atoms with Crippen molar-refractivity contribution in [1.29, 1.82) is 0 Å². The van der Waals surface area contributed by atoms with Gasteiger partial charge in [-0.15, -0.1) is 0 Å². The first kappa shape index (κ1) is 15.6. The number of carbonyl (C=O) groups excluding carboxylic acids is 1. The van der Waals surface area contributed by atoms with Gasteiger partial charge in [0.1, 0.15) is 5.69 Å². The van der Waals surface area contributed by atoms with Crippen LogP contribution >= 0.6 is 15.9 Å². The van der Waals surface area contributed by atoms with E-state index in [9.17, 15) is 4.79 Å². The molecule has 0 aliphatic rings. The van der Waals surface area contributed by atoms with Crippen LogP contribution in [0, 0.1) is 6.92 Å². The molecule has 2 rings (SSSR count). The van der Waals surface area contributed by atoms with E-state index in [0.29, 0.717) is 23.6 Å². The van der Waals surface area contributed by atoms with Crippen LogP contribution < -0.4 is 11.1 Å². The zero-order valence-corrected chi connectivity index (χ0v) is 14.0. The molecule has 0 atom stereocenters. The van der Waals surface area contributed by atoms with Crippen molar-refractivity contribution in [3.05, 3.63) is 39.6 Å². The van der Waals surface area contributed by atoms with Crippen molar-refractivity contribution in [3.8, 4) is 0 Å². The molecular weight excluding hydrogens is 332 g/mol. The lowest BCUT2D eigenvalue weighted by atomic mass is 10.2. The third-order valence-electron chi connectivity index (χ3n) is 3.33. The second-order valence-electron chi connectivity index (χ2n) is 4.83. The van der Waals surface area contributed by atoms with Crippen molar-refractivity contribution < 1.29 is 4.79 Å². The van der Waals surface area contributed by atoms with Gasteiger partial charge in [0.05, 0.1) is 11.4 Å². The van der Waals surface area contributed by atoms with Gasteiger partial charge in [-0.1, -0.05) is 6.92 Å². The third-order valence-corrected chi connectivity index (χ3v) is 3.98. The zero-order chi connectivity index (χ0) is 15.6. The van der Waals surface area contributed by atoms with E-state index in [4.69, 9.17) is 5.73 Å². The highest BCUT2D eigenvalue weighted by atomic mass is 79.9. The number of halogens is 1. The van der Waals surface area contributed by atoms with Crippen molar-refractivity contribution >= 4 is 33.2 Å². The molecule has 5 nitrogen and oxygen atoms in total. The number of aromatic nitrogens is 2. The summed E-state index contributed by atoms with van der Waals surface area (Å²) in [7, 11) is 0. The fourth-order valence-corrected chi connectivity index (χ4v) is 2.60. The monoisotopic (exact) mass is 350 g/mol. The molecule has 2 aromatic rings. The fourth-order valence-electron chi connectivity index (χ4n) is 2.04. The van der Waals surface area contributed by atoms with Crippen molar-refractivity contribution in [3.63, 3.8) is 0 Å². The molecule has 0 bridgehead atoms. The Bertz CT molecular complexity index is 679. The lowest BCUT2D eigenvalue weighted by Gasteiger charge is -2.10. The van der Waals surface area contributed by atoms with Crippen LogP contribution in [0.5, 0.6) is 0 Å². The van der Waals surface area contributed by atoms with E-state index in [0.717, 1.165) is 22.2 Å². The Hall–Kier alpha value is -1.82. The number of anilines is 2. The highest BCUT2D eigenvalue weighted by Crippen LogP contribution is 2.28. The van der Waals surface area contributed by atoms with Crippen molar-refractivity contribution in [2.24, 2.45) is 0 Å². The number of nitrogens with one attached hydrogen (secondary N) is 1. The van der Waals surface area contributed by atoms with Gasteiger partial charge in [-0.2, -0.15) is 5.10 Å². The summed E-state index contributed by atoms with van der Waals surface area (Å²) in [5.41, 5.74) is 9.63. The molecule has 0 unspecified atom stereocenters. The predicted octanol–water partition coefficient (Wildman–Crippen LogP) is 3.37. The standard InChI is InChI=1S/C15H19BrN4O/c1-4-10-7-14(20(5-2)19-10)15(21)18-13-8-12(17)9(3)6-11(13)16/h6-8H,4-5,17H2,1-3H3,(H,18,21). The summed E-state index contributed by atoms with van der Waals surface area (Å²) in [6, 6.07) is 5.47. The third kappa shape index (κ3) is 3.26. The summed E-state index contributed by atoms with van der Waals surface area (Å²) in [6.07, 6.45) is 0.800. The van der Waals surface area contributed by atoms with Crippen LogP contribution in [0.25, 0.3) is 0 Å². The van der Waals surface area contributed by atoms with Crippen LogP contribution in [-0.2, 0) is 13.0 Å². The molecule has 1 aromatic carbocycles. The van der Waals surface area contributed by atoms with Crippen LogP contribution in [0.3, 0.4) is 0 Å². The quantitative estimate of drug-likeness (QED) is 0.830. The van der Waals surface area contributed by atoms with Crippen molar-refractivity contribution in [2.45, 2.75) is 33.7 Å². The summed E-state index contributed by atoms with van der Waals surface area (Å²) >= 11 is 3.44. The number of amides is 1. The van der Waals surface area contributed by atoms with Crippen molar-refractivity contribution in [2.75, 3.05) is 11.1 Å². The predicted molar refractivity (Wildman–Crippen MR) is 88.5 cm³/mol. The Balaban J connectivity index is 2.30.